The third-order valence-corrected chi connectivity index (χ3v) is 11.5. The number of aliphatic hydroxyl groups is 2. The average molecular weight is 529 g/mol. The van der Waals surface area contributed by atoms with E-state index < -0.39 is 49.8 Å². The third-order valence-electron chi connectivity index (χ3n) is 7.04. The quantitative estimate of drug-likeness (QED) is 0.179. The Morgan fingerprint density at radius 2 is 1.86 bits per heavy atom. The number of carbonyl (C=O) groups excluding carboxylic acids is 3. The van der Waals surface area contributed by atoms with Crippen molar-refractivity contribution in [1.29, 1.82) is 0 Å². The SMILES string of the molecule is CCC(=O)O[C@H]1C(=CC(=O)OC)C[C@@H](C[C@@H](O)CO[Si](C)(C)C(C)(C)C)O[C@@]1(O)C(C)(C)C=CC=O. The molecule has 0 unspecified atom stereocenters. The van der Waals surface area contributed by atoms with Crippen molar-refractivity contribution in [3.05, 3.63) is 23.8 Å². The van der Waals surface area contributed by atoms with E-state index in [2.05, 4.69) is 33.9 Å². The predicted molar refractivity (Wildman–Crippen MR) is 137 cm³/mol. The summed E-state index contributed by atoms with van der Waals surface area (Å²) in [6, 6.07) is 0. The molecule has 0 amide bonds. The Morgan fingerprint density at radius 1 is 1.25 bits per heavy atom. The molecule has 0 radical (unpaired) electrons. The van der Waals surface area contributed by atoms with Crippen LogP contribution in [0, 0.1) is 5.41 Å². The lowest BCUT2D eigenvalue weighted by molar-refractivity contribution is -0.327. The van der Waals surface area contributed by atoms with E-state index in [4.69, 9.17) is 18.6 Å². The van der Waals surface area contributed by atoms with Crippen molar-refractivity contribution in [2.75, 3.05) is 13.7 Å². The standard InChI is InChI=1S/C26H44O9Si/c1-10-21(29)34-23-18(15-22(30)32-7)14-20(35-26(23,31)25(5,6)12-11-13-27)16-19(28)17-33-36(8,9)24(2,3)4/h11-13,15,19-20,23,28,31H,10,14,16-17H2,1-9H3/t19-,20+,23+,26-/m1/s1. The molecule has 4 atom stereocenters. The van der Waals surface area contributed by atoms with E-state index in [1.54, 1.807) is 20.8 Å². The molecule has 1 aliphatic rings. The molecule has 1 heterocycles. The zero-order chi connectivity index (χ0) is 27.9. The van der Waals surface area contributed by atoms with Crippen LogP contribution in [0.2, 0.25) is 18.1 Å². The first-order chi connectivity index (χ1) is 16.4. The lowest BCUT2D eigenvalue weighted by Crippen LogP contribution is -2.62. The Balaban J connectivity index is 3.37. The molecule has 0 aliphatic carbocycles. The molecule has 0 saturated carbocycles. The number of carbonyl (C=O) groups is 3. The van der Waals surface area contributed by atoms with Gasteiger partial charge in [0.15, 0.2) is 14.4 Å². The molecule has 0 spiro atoms. The first-order valence-corrected chi connectivity index (χ1v) is 15.2. The van der Waals surface area contributed by atoms with Crippen LogP contribution >= 0.6 is 0 Å². The van der Waals surface area contributed by atoms with Gasteiger partial charge < -0.3 is 28.8 Å². The molecule has 0 aromatic rings. The lowest BCUT2D eigenvalue weighted by atomic mass is 9.74. The van der Waals surface area contributed by atoms with Crippen LogP contribution in [0.3, 0.4) is 0 Å². The number of methoxy groups -OCH3 is 1. The van der Waals surface area contributed by atoms with Gasteiger partial charge in [0.25, 0.3) is 0 Å². The van der Waals surface area contributed by atoms with Crippen LogP contribution in [-0.2, 0) is 33.0 Å². The van der Waals surface area contributed by atoms with Gasteiger partial charge in [0.1, 0.15) is 6.29 Å². The van der Waals surface area contributed by atoms with Gasteiger partial charge in [0.2, 0.25) is 5.79 Å². The minimum Gasteiger partial charge on any atom is -0.466 e. The summed E-state index contributed by atoms with van der Waals surface area (Å²) in [6.07, 6.45) is 1.64. The monoisotopic (exact) mass is 528 g/mol. The average Bonchev–Trinajstić information content (AvgIpc) is 2.77. The van der Waals surface area contributed by atoms with E-state index >= 15 is 0 Å². The van der Waals surface area contributed by atoms with Crippen molar-refractivity contribution in [3.8, 4) is 0 Å². The Morgan fingerprint density at radius 3 is 2.36 bits per heavy atom. The third kappa shape index (κ3) is 8.07. The van der Waals surface area contributed by atoms with Gasteiger partial charge >= 0.3 is 11.9 Å². The van der Waals surface area contributed by atoms with Gasteiger partial charge in [-0.3, -0.25) is 9.59 Å². The normalized spacial score (nSPS) is 25.6. The fraction of sp³-hybridized carbons (Fsp3) is 0.731. The van der Waals surface area contributed by atoms with E-state index in [1.165, 1.54) is 25.3 Å². The van der Waals surface area contributed by atoms with Gasteiger partial charge in [-0.2, -0.15) is 0 Å². The van der Waals surface area contributed by atoms with Gasteiger partial charge in [-0.05, 0) is 36.2 Å². The number of aliphatic hydroxyl groups excluding tert-OH is 1. The number of rotatable bonds is 11. The molecule has 1 saturated heterocycles. The van der Waals surface area contributed by atoms with Crippen molar-refractivity contribution in [1.82, 2.24) is 0 Å². The van der Waals surface area contributed by atoms with Gasteiger partial charge in [0.05, 0.1) is 25.9 Å². The maximum atomic E-state index is 12.3. The summed E-state index contributed by atoms with van der Waals surface area (Å²) >= 11 is 0. The second-order valence-corrected chi connectivity index (χ2v) is 16.1. The molecule has 2 N–H and O–H groups in total. The highest BCUT2D eigenvalue weighted by atomic mass is 28.4. The summed E-state index contributed by atoms with van der Waals surface area (Å²) < 4.78 is 22.6. The van der Waals surface area contributed by atoms with E-state index in [9.17, 15) is 24.6 Å². The van der Waals surface area contributed by atoms with E-state index in [-0.39, 0.29) is 36.5 Å². The Labute approximate surface area is 216 Å². The topological polar surface area (TPSA) is 129 Å². The Hall–Kier alpha value is -1.85. The van der Waals surface area contributed by atoms with Gasteiger partial charge in [0, 0.05) is 24.3 Å². The number of esters is 2. The molecule has 9 nitrogen and oxygen atoms in total. The van der Waals surface area contributed by atoms with E-state index in [1.807, 2.05) is 0 Å². The van der Waals surface area contributed by atoms with Crippen LogP contribution in [0.1, 0.15) is 60.8 Å². The van der Waals surface area contributed by atoms with Crippen molar-refractivity contribution >= 4 is 26.5 Å². The molecular formula is C26H44O9Si. The molecule has 206 valence electrons. The van der Waals surface area contributed by atoms with Gasteiger partial charge in [-0.1, -0.05) is 47.6 Å². The van der Waals surface area contributed by atoms with Crippen LogP contribution in [0.5, 0.6) is 0 Å². The highest BCUT2D eigenvalue weighted by molar-refractivity contribution is 6.74. The molecule has 10 heteroatoms. The van der Waals surface area contributed by atoms with Crippen LogP contribution in [-0.4, -0.2) is 74.6 Å². The Bertz CT molecular complexity index is 841. The maximum absolute atomic E-state index is 12.3. The number of aldehydes is 1. The zero-order valence-electron chi connectivity index (χ0n) is 23.1. The summed E-state index contributed by atoms with van der Waals surface area (Å²) in [6.45, 7) is 15.4. The first kappa shape index (κ1) is 32.2. The second kappa shape index (κ2) is 12.6. The fourth-order valence-corrected chi connectivity index (χ4v) is 4.65. The second-order valence-electron chi connectivity index (χ2n) is 11.3. The number of ether oxygens (including phenoxy) is 3. The van der Waals surface area contributed by atoms with Crippen molar-refractivity contribution in [3.63, 3.8) is 0 Å². The summed E-state index contributed by atoms with van der Waals surface area (Å²) in [5.74, 6) is -3.44. The largest absolute Gasteiger partial charge is 0.466 e. The van der Waals surface area contributed by atoms with Crippen LogP contribution in [0.25, 0.3) is 0 Å². The van der Waals surface area contributed by atoms with Gasteiger partial charge in [-0.15, -0.1) is 0 Å². The number of hydrogen-bond donors (Lipinski definition) is 2. The maximum Gasteiger partial charge on any atom is 0.330 e. The summed E-state index contributed by atoms with van der Waals surface area (Å²) in [4.78, 5) is 35.4. The molecule has 0 aromatic heterocycles. The number of allylic oxidation sites excluding steroid dienone is 1. The minimum absolute atomic E-state index is 0.0317. The smallest absolute Gasteiger partial charge is 0.330 e. The molecule has 0 bridgehead atoms. The van der Waals surface area contributed by atoms with Crippen molar-refractivity contribution < 1.29 is 43.2 Å². The molecule has 0 aromatic carbocycles. The highest BCUT2D eigenvalue weighted by Crippen LogP contribution is 2.46. The fourth-order valence-electron chi connectivity index (χ4n) is 3.61. The van der Waals surface area contributed by atoms with E-state index in [0.29, 0.717) is 6.29 Å². The molecule has 1 rings (SSSR count). The van der Waals surface area contributed by atoms with Crippen LogP contribution in [0.15, 0.2) is 23.8 Å². The summed E-state index contributed by atoms with van der Waals surface area (Å²) in [7, 11) is -0.887. The molecule has 1 aliphatic heterocycles. The van der Waals surface area contributed by atoms with E-state index in [0.717, 1.165) is 0 Å². The summed E-state index contributed by atoms with van der Waals surface area (Å²) in [5, 5.41) is 22.6. The lowest BCUT2D eigenvalue weighted by Gasteiger charge is -2.50. The molecule has 36 heavy (non-hydrogen) atoms. The van der Waals surface area contributed by atoms with Gasteiger partial charge in [-0.25, -0.2) is 4.79 Å². The predicted octanol–water partition coefficient (Wildman–Crippen LogP) is 3.44. The highest BCUT2D eigenvalue weighted by Gasteiger charge is 2.57. The van der Waals surface area contributed by atoms with Crippen LogP contribution in [0.4, 0.5) is 0 Å². The van der Waals surface area contributed by atoms with Crippen molar-refractivity contribution in [2.45, 2.75) is 103 Å². The number of hydrogen-bond acceptors (Lipinski definition) is 9. The van der Waals surface area contributed by atoms with Crippen LogP contribution < -0.4 is 0 Å². The minimum atomic E-state index is -2.15. The summed E-state index contributed by atoms with van der Waals surface area (Å²) in [5.41, 5.74) is -0.948. The van der Waals surface area contributed by atoms with Crippen molar-refractivity contribution in [2.24, 2.45) is 5.41 Å². The molecule has 1 fully saturated rings. The Kier molecular flexibility index (Phi) is 11.3. The molecular weight excluding hydrogens is 484 g/mol. The first-order valence-electron chi connectivity index (χ1n) is 12.3. The zero-order valence-corrected chi connectivity index (χ0v) is 24.1.